The number of aryl methyl sites for hydroxylation is 2. The number of hydrogen-bond acceptors (Lipinski definition) is 5. The first-order valence-electron chi connectivity index (χ1n) is 10.5. The summed E-state index contributed by atoms with van der Waals surface area (Å²) in [6, 6.07) is 15.4. The molecule has 1 saturated heterocycles. The summed E-state index contributed by atoms with van der Waals surface area (Å²) in [5, 5.41) is 2.55. The summed E-state index contributed by atoms with van der Waals surface area (Å²) in [6.45, 7) is 7.75. The minimum Gasteiger partial charge on any atom is -0.451 e. The zero-order chi connectivity index (χ0) is 22.4. The van der Waals surface area contributed by atoms with Crippen LogP contribution < -0.4 is 10.2 Å². The molecule has 2 aromatic rings. The van der Waals surface area contributed by atoms with Crippen molar-refractivity contribution in [2.75, 3.05) is 37.6 Å². The van der Waals surface area contributed by atoms with E-state index in [1.165, 1.54) is 0 Å². The molecule has 1 aliphatic heterocycles. The maximum absolute atomic E-state index is 12.6. The van der Waals surface area contributed by atoms with Gasteiger partial charge in [-0.15, -0.1) is 0 Å². The van der Waals surface area contributed by atoms with Gasteiger partial charge in [-0.25, -0.2) is 0 Å². The molecule has 1 unspecified atom stereocenters. The number of hydrogen-bond donors (Lipinski definition) is 1. The molecule has 0 bridgehead atoms. The van der Waals surface area contributed by atoms with Gasteiger partial charge in [-0.3, -0.25) is 14.4 Å². The van der Waals surface area contributed by atoms with Crippen LogP contribution in [-0.4, -0.2) is 61.5 Å². The third-order valence-electron chi connectivity index (χ3n) is 5.53. The van der Waals surface area contributed by atoms with Crippen LogP contribution in [0.15, 0.2) is 48.5 Å². The van der Waals surface area contributed by atoms with Gasteiger partial charge in [0, 0.05) is 37.4 Å². The van der Waals surface area contributed by atoms with Crippen molar-refractivity contribution in [3.63, 3.8) is 0 Å². The first-order valence-corrected chi connectivity index (χ1v) is 10.5. The number of esters is 1. The average molecular weight is 424 g/mol. The lowest BCUT2D eigenvalue weighted by Crippen LogP contribution is -2.52. The lowest BCUT2D eigenvalue weighted by molar-refractivity contribution is -0.158. The Kier molecular flexibility index (Phi) is 7.28. The molecule has 7 heteroatoms. The first-order chi connectivity index (χ1) is 14.8. The SMILES string of the molecule is Cc1ccc(C(=O)NCC(=O)OC(C)C(=O)N2CCN(c3ccccc3)CC2)cc1C. The Morgan fingerprint density at radius 2 is 1.65 bits per heavy atom. The van der Waals surface area contributed by atoms with E-state index in [-0.39, 0.29) is 18.4 Å². The fraction of sp³-hybridized carbons (Fsp3) is 0.375. The minimum absolute atomic E-state index is 0.221. The number of ether oxygens (including phenoxy) is 1. The number of benzene rings is 2. The predicted molar refractivity (Wildman–Crippen MR) is 119 cm³/mol. The molecule has 0 aliphatic carbocycles. The highest BCUT2D eigenvalue weighted by molar-refractivity contribution is 5.96. The van der Waals surface area contributed by atoms with Crippen LogP contribution in [0.4, 0.5) is 5.69 Å². The van der Waals surface area contributed by atoms with Gasteiger partial charge in [0.25, 0.3) is 11.8 Å². The molecule has 2 aromatic carbocycles. The van der Waals surface area contributed by atoms with E-state index >= 15 is 0 Å². The number of piperazine rings is 1. The van der Waals surface area contributed by atoms with Gasteiger partial charge in [0.05, 0.1) is 0 Å². The molecule has 1 aliphatic rings. The molecule has 0 radical (unpaired) electrons. The number of rotatable bonds is 6. The Morgan fingerprint density at radius 3 is 2.29 bits per heavy atom. The lowest BCUT2D eigenvalue weighted by atomic mass is 10.1. The zero-order valence-corrected chi connectivity index (χ0v) is 18.3. The second kappa shape index (κ2) is 10.1. The van der Waals surface area contributed by atoms with E-state index in [4.69, 9.17) is 4.74 Å². The fourth-order valence-corrected chi connectivity index (χ4v) is 3.51. The van der Waals surface area contributed by atoms with Crippen molar-refractivity contribution < 1.29 is 19.1 Å². The van der Waals surface area contributed by atoms with Gasteiger partial charge in [0.1, 0.15) is 6.54 Å². The van der Waals surface area contributed by atoms with E-state index in [0.29, 0.717) is 18.7 Å². The highest BCUT2D eigenvalue weighted by Crippen LogP contribution is 2.16. The van der Waals surface area contributed by atoms with Crippen molar-refractivity contribution in [2.45, 2.75) is 26.9 Å². The van der Waals surface area contributed by atoms with Crippen LogP contribution in [0.2, 0.25) is 0 Å². The molecule has 2 amide bonds. The van der Waals surface area contributed by atoms with E-state index in [1.807, 2.05) is 50.2 Å². The Hall–Kier alpha value is -3.35. The summed E-state index contributed by atoms with van der Waals surface area (Å²) in [5.74, 6) is -1.21. The molecule has 164 valence electrons. The summed E-state index contributed by atoms with van der Waals surface area (Å²) in [4.78, 5) is 40.9. The van der Waals surface area contributed by atoms with Gasteiger partial charge in [0.2, 0.25) is 0 Å². The van der Waals surface area contributed by atoms with Crippen molar-refractivity contribution in [1.29, 1.82) is 0 Å². The maximum Gasteiger partial charge on any atom is 0.326 e. The smallest absolute Gasteiger partial charge is 0.326 e. The fourth-order valence-electron chi connectivity index (χ4n) is 3.51. The first kappa shape index (κ1) is 22.3. The van der Waals surface area contributed by atoms with Crippen molar-refractivity contribution >= 4 is 23.5 Å². The van der Waals surface area contributed by atoms with Crippen LogP contribution in [-0.2, 0) is 14.3 Å². The van der Waals surface area contributed by atoms with Gasteiger partial charge >= 0.3 is 5.97 Å². The monoisotopic (exact) mass is 423 g/mol. The molecular formula is C24H29N3O4. The lowest BCUT2D eigenvalue weighted by Gasteiger charge is -2.37. The number of anilines is 1. The molecule has 1 heterocycles. The van der Waals surface area contributed by atoms with Gasteiger partial charge in [-0.2, -0.15) is 0 Å². The third-order valence-corrected chi connectivity index (χ3v) is 5.53. The van der Waals surface area contributed by atoms with Gasteiger partial charge < -0.3 is 19.9 Å². The maximum atomic E-state index is 12.6. The topological polar surface area (TPSA) is 78.9 Å². The minimum atomic E-state index is -0.894. The second-order valence-corrected chi connectivity index (χ2v) is 7.76. The zero-order valence-electron chi connectivity index (χ0n) is 18.3. The molecule has 3 rings (SSSR count). The number of para-hydroxylation sites is 1. The summed E-state index contributed by atoms with van der Waals surface area (Å²) in [6.07, 6.45) is -0.894. The summed E-state index contributed by atoms with van der Waals surface area (Å²) in [5.41, 5.74) is 3.71. The largest absolute Gasteiger partial charge is 0.451 e. The summed E-state index contributed by atoms with van der Waals surface area (Å²) < 4.78 is 5.25. The molecule has 1 atom stereocenters. The number of amides is 2. The highest BCUT2D eigenvalue weighted by atomic mass is 16.5. The van der Waals surface area contributed by atoms with Crippen LogP contribution in [0.1, 0.15) is 28.4 Å². The highest BCUT2D eigenvalue weighted by Gasteiger charge is 2.27. The van der Waals surface area contributed by atoms with E-state index in [2.05, 4.69) is 10.2 Å². The molecule has 1 fully saturated rings. The average Bonchev–Trinajstić information content (AvgIpc) is 2.79. The molecule has 0 saturated carbocycles. The molecule has 1 N–H and O–H groups in total. The number of carbonyl (C=O) groups is 3. The van der Waals surface area contributed by atoms with Crippen LogP contribution >= 0.6 is 0 Å². The van der Waals surface area contributed by atoms with Gasteiger partial charge in [-0.05, 0) is 56.2 Å². The van der Waals surface area contributed by atoms with E-state index in [0.717, 1.165) is 29.9 Å². The van der Waals surface area contributed by atoms with E-state index in [9.17, 15) is 14.4 Å². The summed E-state index contributed by atoms with van der Waals surface area (Å²) in [7, 11) is 0. The molecule has 0 aromatic heterocycles. The predicted octanol–water partition coefficient (Wildman–Crippen LogP) is 2.31. The van der Waals surface area contributed by atoms with Gasteiger partial charge in [0.15, 0.2) is 6.10 Å². The standard InChI is InChI=1S/C24H29N3O4/c1-17-9-10-20(15-18(17)2)23(29)25-16-22(28)31-19(3)24(30)27-13-11-26(12-14-27)21-7-5-4-6-8-21/h4-10,15,19H,11-14,16H2,1-3H3,(H,25,29). The second-order valence-electron chi connectivity index (χ2n) is 7.76. The molecule has 7 nitrogen and oxygen atoms in total. The Morgan fingerprint density at radius 1 is 0.968 bits per heavy atom. The number of nitrogens with one attached hydrogen (secondary N) is 1. The normalized spacial score (nSPS) is 14.7. The van der Waals surface area contributed by atoms with Crippen LogP contribution in [0.3, 0.4) is 0 Å². The quantitative estimate of drug-likeness (QED) is 0.722. The molecule has 31 heavy (non-hydrogen) atoms. The number of carbonyl (C=O) groups excluding carboxylic acids is 3. The van der Waals surface area contributed by atoms with Gasteiger partial charge in [-0.1, -0.05) is 24.3 Å². The molecule has 0 spiro atoms. The van der Waals surface area contributed by atoms with Crippen molar-refractivity contribution in [1.82, 2.24) is 10.2 Å². The van der Waals surface area contributed by atoms with Crippen LogP contribution in [0.25, 0.3) is 0 Å². The Labute approximate surface area is 183 Å². The van der Waals surface area contributed by atoms with Crippen molar-refractivity contribution in [2.24, 2.45) is 0 Å². The number of nitrogens with zero attached hydrogens (tertiary/aromatic N) is 2. The molecular weight excluding hydrogens is 394 g/mol. The van der Waals surface area contributed by atoms with E-state index in [1.54, 1.807) is 24.0 Å². The van der Waals surface area contributed by atoms with Crippen LogP contribution in [0, 0.1) is 13.8 Å². The summed E-state index contributed by atoms with van der Waals surface area (Å²) >= 11 is 0. The van der Waals surface area contributed by atoms with Crippen LogP contribution in [0.5, 0.6) is 0 Å². The van der Waals surface area contributed by atoms with Crippen molar-refractivity contribution in [3.05, 3.63) is 65.2 Å². The van der Waals surface area contributed by atoms with Crippen molar-refractivity contribution in [3.8, 4) is 0 Å². The van der Waals surface area contributed by atoms with E-state index < -0.39 is 12.1 Å². The Balaban J connectivity index is 1.43. The third kappa shape index (κ3) is 5.84. The Bertz CT molecular complexity index is 937.